The third-order valence-electron chi connectivity index (χ3n) is 4.72. The van der Waals surface area contributed by atoms with Crippen molar-refractivity contribution in [1.82, 2.24) is 9.62 Å². The minimum Gasteiger partial charge on any atom is -0.349 e. The number of amides is 1. The molecule has 1 aromatic carbocycles. The van der Waals surface area contributed by atoms with Crippen LogP contribution >= 0.6 is 12.4 Å². The van der Waals surface area contributed by atoms with Gasteiger partial charge in [0.2, 0.25) is 10.0 Å². The molecule has 1 amide bonds. The minimum atomic E-state index is -3.57. The van der Waals surface area contributed by atoms with Crippen molar-refractivity contribution in [1.29, 1.82) is 0 Å². The summed E-state index contributed by atoms with van der Waals surface area (Å²) >= 11 is 0. The molecular weight excluding hydrogens is 362 g/mol. The first-order valence-electron chi connectivity index (χ1n) is 8.55. The molecule has 8 heteroatoms. The predicted octanol–water partition coefficient (Wildman–Crippen LogP) is 2.00. The fourth-order valence-corrected chi connectivity index (χ4v) is 4.78. The van der Waals surface area contributed by atoms with Crippen LogP contribution in [-0.4, -0.2) is 44.3 Å². The van der Waals surface area contributed by atoms with Crippen LogP contribution in [0.2, 0.25) is 0 Å². The zero-order valence-electron chi connectivity index (χ0n) is 14.8. The van der Waals surface area contributed by atoms with Crippen LogP contribution in [0.4, 0.5) is 0 Å². The van der Waals surface area contributed by atoms with Gasteiger partial charge < -0.3 is 11.1 Å². The van der Waals surface area contributed by atoms with E-state index in [1.54, 1.807) is 26.0 Å². The molecule has 0 spiro atoms. The minimum absolute atomic E-state index is 0. The Labute approximate surface area is 156 Å². The van der Waals surface area contributed by atoms with Gasteiger partial charge in [-0.05, 0) is 43.5 Å². The molecule has 1 aliphatic carbocycles. The number of hydrogen-bond acceptors (Lipinski definition) is 4. The molecule has 1 fully saturated rings. The van der Waals surface area contributed by atoms with Crippen LogP contribution in [0.1, 0.15) is 43.5 Å². The number of nitrogens with zero attached hydrogens (tertiary/aromatic N) is 1. The summed E-state index contributed by atoms with van der Waals surface area (Å²) in [6.45, 7) is 4.95. The summed E-state index contributed by atoms with van der Waals surface area (Å²) in [6.07, 6.45) is 3.01. The molecule has 1 aromatic rings. The number of rotatable bonds is 7. The first kappa shape index (κ1) is 21.9. The van der Waals surface area contributed by atoms with E-state index in [-0.39, 0.29) is 29.3 Å². The highest BCUT2D eigenvalue weighted by Crippen LogP contribution is 2.25. The second kappa shape index (κ2) is 9.52. The van der Waals surface area contributed by atoms with E-state index in [4.69, 9.17) is 5.73 Å². The van der Waals surface area contributed by atoms with Gasteiger partial charge in [-0.2, -0.15) is 4.31 Å². The van der Waals surface area contributed by atoms with Crippen LogP contribution in [0.15, 0.2) is 29.2 Å². The number of hydrogen-bond donors (Lipinski definition) is 2. The zero-order valence-corrected chi connectivity index (χ0v) is 16.4. The first-order valence-corrected chi connectivity index (χ1v) is 9.99. The van der Waals surface area contributed by atoms with Gasteiger partial charge in [0.05, 0.1) is 4.90 Å². The lowest BCUT2D eigenvalue weighted by molar-refractivity contribution is 0.0928. The SMILES string of the molecule is CCN(CC)S(=O)(=O)c1cccc(C(=O)NC2CCCC2CN)c1.Cl. The Bertz CT molecular complexity index is 677. The third kappa shape index (κ3) is 4.94. The Hall–Kier alpha value is -1.15. The van der Waals surface area contributed by atoms with Crippen molar-refractivity contribution in [2.45, 2.75) is 44.0 Å². The molecule has 142 valence electrons. The van der Waals surface area contributed by atoms with E-state index >= 15 is 0 Å². The van der Waals surface area contributed by atoms with Gasteiger partial charge in [0.15, 0.2) is 0 Å². The van der Waals surface area contributed by atoms with Crippen molar-refractivity contribution in [3.63, 3.8) is 0 Å². The molecule has 2 rings (SSSR count). The van der Waals surface area contributed by atoms with E-state index in [0.29, 0.717) is 31.1 Å². The molecular formula is C17H28ClN3O3S. The van der Waals surface area contributed by atoms with Gasteiger partial charge in [-0.15, -0.1) is 12.4 Å². The molecule has 0 bridgehead atoms. The van der Waals surface area contributed by atoms with Crippen molar-refractivity contribution in [3.05, 3.63) is 29.8 Å². The molecule has 2 atom stereocenters. The molecule has 2 unspecified atom stereocenters. The zero-order chi connectivity index (χ0) is 17.7. The third-order valence-corrected chi connectivity index (χ3v) is 6.76. The highest BCUT2D eigenvalue weighted by molar-refractivity contribution is 7.89. The molecule has 0 radical (unpaired) electrons. The lowest BCUT2D eigenvalue weighted by Crippen LogP contribution is -2.40. The van der Waals surface area contributed by atoms with E-state index in [9.17, 15) is 13.2 Å². The average Bonchev–Trinajstić information content (AvgIpc) is 3.03. The lowest BCUT2D eigenvalue weighted by Gasteiger charge is -2.20. The van der Waals surface area contributed by atoms with E-state index < -0.39 is 10.0 Å². The summed E-state index contributed by atoms with van der Waals surface area (Å²) in [6, 6.07) is 6.31. The molecule has 1 saturated carbocycles. The highest BCUT2D eigenvalue weighted by atomic mass is 35.5. The topological polar surface area (TPSA) is 92.5 Å². The maximum atomic E-state index is 12.6. The molecule has 3 N–H and O–H groups in total. The molecule has 25 heavy (non-hydrogen) atoms. The monoisotopic (exact) mass is 389 g/mol. The first-order chi connectivity index (χ1) is 11.4. The molecule has 0 saturated heterocycles. The van der Waals surface area contributed by atoms with Crippen LogP contribution in [0.3, 0.4) is 0 Å². The number of halogens is 1. The van der Waals surface area contributed by atoms with Crippen LogP contribution < -0.4 is 11.1 Å². The number of benzene rings is 1. The van der Waals surface area contributed by atoms with E-state index in [0.717, 1.165) is 19.3 Å². The van der Waals surface area contributed by atoms with Crippen molar-refractivity contribution < 1.29 is 13.2 Å². The van der Waals surface area contributed by atoms with Crippen molar-refractivity contribution >= 4 is 28.3 Å². The number of nitrogens with one attached hydrogen (secondary N) is 1. The van der Waals surface area contributed by atoms with Gasteiger partial charge in [0.1, 0.15) is 0 Å². The quantitative estimate of drug-likeness (QED) is 0.745. The van der Waals surface area contributed by atoms with Gasteiger partial charge in [0.25, 0.3) is 5.91 Å². The largest absolute Gasteiger partial charge is 0.349 e. The molecule has 0 aliphatic heterocycles. The maximum Gasteiger partial charge on any atom is 0.251 e. The number of nitrogens with two attached hydrogens (primary N) is 1. The van der Waals surface area contributed by atoms with Gasteiger partial charge in [-0.1, -0.05) is 26.3 Å². The Morgan fingerprint density at radius 2 is 1.96 bits per heavy atom. The van der Waals surface area contributed by atoms with Gasteiger partial charge in [-0.3, -0.25) is 4.79 Å². The van der Waals surface area contributed by atoms with Crippen LogP contribution in [-0.2, 0) is 10.0 Å². The second-order valence-electron chi connectivity index (χ2n) is 6.12. The summed E-state index contributed by atoms with van der Waals surface area (Å²) in [5, 5.41) is 3.00. The number of carbonyl (C=O) groups excluding carboxylic acids is 1. The van der Waals surface area contributed by atoms with E-state index in [2.05, 4.69) is 5.32 Å². The molecule has 1 aliphatic rings. The number of sulfonamides is 1. The second-order valence-corrected chi connectivity index (χ2v) is 8.06. The van der Waals surface area contributed by atoms with Gasteiger partial charge in [0, 0.05) is 24.7 Å². The van der Waals surface area contributed by atoms with Crippen LogP contribution in [0, 0.1) is 5.92 Å². The van der Waals surface area contributed by atoms with E-state index in [1.165, 1.54) is 16.4 Å². The number of carbonyl (C=O) groups is 1. The fraction of sp³-hybridized carbons (Fsp3) is 0.588. The summed E-state index contributed by atoms with van der Waals surface area (Å²) < 4.78 is 26.6. The Balaban J connectivity index is 0.00000312. The Morgan fingerprint density at radius 1 is 1.28 bits per heavy atom. The van der Waals surface area contributed by atoms with Crippen LogP contribution in [0.5, 0.6) is 0 Å². The van der Waals surface area contributed by atoms with Crippen molar-refractivity contribution in [2.75, 3.05) is 19.6 Å². The fourth-order valence-electron chi connectivity index (χ4n) is 3.27. The predicted molar refractivity (Wildman–Crippen MR) is 101 cm³/mol. The van der Waals surface area contributed by atoms with E-state index in [1.807, 2.05) is 0 Å². The standard InChI is InChI=1S/C17H27N3O3S.ClH/c1-3-20(4-2)24(22,23)15-9-5-7-13(11-15)17(21)19-16-10-6-8-14(16)12-18;/h5,7,9,11,14,16H,3-4,6,8,10,12,18H2,1-2H3,(H,19,21);1H. The summed E-state index contributed by atoms with van der Waals surface area (Å²) in [4.78, 5) is 12.6. The van der Waals surface area contributed by atoms with Crippen LogP contribution in [0.25, 0.3) is 0 Å². The molecule has 0 heterocycles. The molecule has 6 nitrogen and oxygen atoms in total. The highest BCUT2D eigenvalue weighted by Gasteiger charge is 2.28. The lowest BCUT2D eigenvalue weighted by atomic mass is 10.0. The average molecular weight is 390 g/mol. The van der Waals surface area contributed by atoms with Gasteiger partial charge >= 0.3 is 0 Å². The van der Waals surface area contributed by atoms with Crippen molar-refractivity contribution in [2.24, 2.45) is 11.7 Å². The molecule has 0 aromatic heterocycles. The summed E-state index contributed by atoms with van der Waals surface area (Å²) in [7, 11) is -3.57. The van der Waals surface area contributed by atoms with Gasteiger partial charge in [-0.25, -0.2) is 8.42 Å². The smallest absolute Gasteiger partial charge is 0.251 e. The maximum absolute atomic E-state index is 12.6. The summed E-state index contributed by atoms with van der Waals surface area (Å²) in [5.74, 6) is 0.0634. The van der Waals surface area contributed by atoms with Crippen molar-refractivity contribution in [3.8, 4) is 0 Å². The Morgan fingerprint density at radius 3 is 2.56 bits per heavy atom. The normalized spacial score (nSPS) is 20.3. The summed E-state index contributed by atoms with van der Waals surface area (Å²) in [5.41, 5.74) is 6.11. The Kier molecular flexibility index (Phi) is 8.34.